The number of benzene rings is 3. The zero-order valence-corrected chi connectivity index (χ0v) is 15.7. The Hall–Kier alpha value is -3.99. The molecule has 5 nitrogen and oxygen atoms in total. The Balaban J connectivity index is 1.56. The number of carbonyl (C=O) groups is 1. The van der Waals surface area contributed by atoms with Crippen LogP contribution in [-0.4, -0.2) is 22.4 Å². The summed E-state index contributed by atoms with van der Waals surface area (Å²) < 4.78 is 0. The van der Waals surface area contributed by atoms with Crippen LogP contribution in [0.25, 0.3) is 22.5 Å². The van der Waals surface area contributed by atoms with E-state index in [2.05, 4.69) is 15.6 Å². The summed E-state index contributed by atoms with van der Waals surface area (Å²) in [5.41, 5.74) is 4.29. The highest BCUT2D eigenvalue weighted by atomic mass is 16.1. The van der Waals surface area contributed by atoms with Crippen LogP contribution in [0, 0.1) is 0 Å². The van der Waals surface area contributed by atoms with E-state index in [1.165, 1.54) is 0 Å². The first-order valence-corrected chi connectivity index (χ1v) is 9.36. The number of aromatic nitrogens is 2. The third-order valence-corrected chi connectivity index (χ3v) is 4.35. The quantitative estimate of drug-likeness (QED) is 0.501. The minimum Gasteiger partial charge on any atom is -0.360 e. The number of hydrogen-bond acceptors (Lipinski definition) is 4. The number of nitrogens with zero attached hydrogens (tertiary/aromatic N) is 2. The largest absolute Gasteiger partial charge is 0.360 e. The molecule has 4 rings (SSSR count). The van der Waals surface area contributed by atoms with Gasteiger partial charge in [0.25, 0.3) is 0 Å². The molecule has 0 spiro atoms. The summed E-state index contributed by atoms with van der Waals surface area (Å²) in [4.78, 5) is 21.6. The molecular formula is C24H20N4O. The minimum absolute atomic E-state index is 0.0997. The zero-order valence-electron chi connectivity index (χ0n) is 15.7. The average Bonchev–Trinajstić information content (AvgIpc) is 2.79. The highest BCUT2D eigenvalue weighted by Crippen LogP contribution is 2.29. The Kier molecular flexibility index (Phi) is 5.58. The Bertz CT molecular complexity index is 1080. The summed E-state index contributed by atoms with van der Waals surface area (Å²) >= 11 is 0. The van der Waals surface area contributed by atoms with E-state index in [1.807, 2.05) is 91.0 Å². The molecule has 142 valence electrons. The fourth-order valence-electron chi connectivity index (χ4n) is 2.98. The maximum absolute atomic E-state index is 12.2. The maximum Gasteiger partial charge on any atom is 0.243 e. The van der Waals surface area contributed by atoms with E-state index in [9.17, 15) is 4.79 Å². The minimum atomic E-state index is -0.147. The van der Waals surface area contributed by atoms with Gasteiger partial charge in [-0.1, -0.05) is 78.9 Å². The summed E-state index contributed by atoms with van der Waals surface area (Å²) in [6.07, 6.45) is 1.66. The van der Waals surface area contributed by atoms with E-state index in [-0.39, 0.29) is 12.5 Å². The van der Waals surface area contributed by atoms with E-state index in [1.54, 1.807) is 6.20 Å². The predicted octanol–water partition coefficient (Wildman–Crippen LogP) is 4.86. The normalized spacial score (nSPS) is 10.3. The van der Waals surface area contributed by atoms with Crippen LogP contribution in [0.2, 0.25) is 0 Å². The van der Waals surface area contributed by atoms with Gasteiger partial charge in [0, 0.05) is 16.8 Å². The smallest absolute Gasteiger partial charge is 0.243 e. The van der Waals surface area contributed by atoms with Crippen molar-refractivity contribution in [2.24, 2.45) is 0 Å². The molecule has 0 aliphatic heterocycles. The van der Waals surface area contributed by atoms with Crippen LogP contribution in [0.1, 0.15) is 0 Å². The van der Waals surface area contributed by atoms with Crippen LogP contribution < -0.4 is 10.6 Å². The number of hydrogen-bond donors (Lipinski definition) is 2. The van der Waals surface area contributed by atoms with E-state index < -0.39 is 0 Å². The van der Waals surface area contributed by atoms with Crippen molar-refractivity contribution in [1.82, 2.24) is 9.97 Å². The molecule has 0 bridgehead atoms. The van der Waals surface area contributed by atoms with Gasteiger partial charge in [-0.15, -0.1) is 0 Å². The van der Waals surface area contributed by atoms with E-state index in [4.69, 9.17) is 4.98 Å². The molecule has 0 aliphatic carbocycles. The third kappa shape index (κ3) is 4.65. The van der Waals surface area contributed by atoms with Crippen LogP contribution in [0.4, 0.5) is 11.5 Å². The van der Waals surface area contributed by atoms with Crippen molar-refractivity contribution >= 4 is 17.4 Å². The number of rotatable bonds is 6. The molecule has 2 N–H and O–H groups in total. The first-order valence-electron chi connectivity index (χ1n) is 9.36. The lowest BCUT2D eigenvalue weighted by Gasteiger charge is -2.12. The highest BCUT2D eigenvalue weighted by Gasteiger charge is 2.12. The van der Waals surface area contributed by atoms with E-state index >= 15 is 0 Å². The molecule has 3 aromatic carbocycles. The van der Waals surface area contributed by atoms with Crippen LogP contribution >= 0.6 is 0 Å². The highest BCUT2D eigenvalue weighted by molar-refractivity contribution is 5.93. The Morgan fingerprint density at radius 2 is 1.28 bits per heavy atom. The predicted molar refractivity (Wildman–Crippen MR) is 116 cm³/mol. The second-order valence-corrected chi connectivity index (χ2v) is 6.45. The molecule has 0 fully saturated rings. The Morgan fingerprint density at radius 3 is 1.90 bits per heavy atom. The summed E-state index contributed by atoms with van der Waals surface area (Å²) in [6.45, 7) is 0.0997. The molecule has 0 unspecified atom stereocenters. The van der Waals surface area contributed by atoms with Gasteiger partial charge in [-0.05, 0) is 12.1 Å². The van der Waals surface area contributed by atoms with Crippen LogP contribution in [-0.2, 0) is 4.79 Å². The van der Waals surface area contributed by atoms with Gasteiger partial charge in [0.05, 0.1) is 24.1 Å². The topological polar surface area (TPSA) is 66.9 Å². The monoisotopic (exact) mass is 380 g/mol. The molecule has 0 saturated carbocycles. The SMILES string of the molecule is O=C(CNc1cnc(-c2ccccc2)c(-c2ccccc2)n1)Nc1ccccc1. The van der Waals surface area contributed by atoms with Gasteiger partial charge in [0.1, 0.15) is 5.82 Å². The van der Waals surface area contributed by atoms with Gasteiger partial charge in [-0.25, -0.2) is 4.98 Å². The molecule has 0 atom stereocenters. The van der Waals surface area contributed by atoms with Crippen LogP contribution in [0.15, 0.2) is 97.2 Å². The summed E-state index contributed by atoms with van der Waals surface area (Å²) in [6, 6.07) is 29.2. The first kappa shape index (κ1) is 18.4. The molecule has 1 aromatic heterocycles. The number of para-hydroxylation sites is 1. The van der Waals surface area contributed by atoms with Crippen molar-refractivity contribution in [1.29, 1.82) is 0 Å². The van der Waals surface area contributed by atoms with Gasteiger partial charge in [-0.2, -0.15) is 0 Å². The summed E-state index contributed by atoms with van der Waals surface area (Å²) in [5.74, 6) is 0.401. The third-order valence-electron chi connectivity index (χ3n) is 4.35. The van der Waals surface area contributed by atoms with E-state index in [0.717, 1.165) is 28.2 Å². The van der Waals surface area contributed by atoms with Crippen LogP contribution in [0.3, 0.4) is 0 Å². The van der Waals surface area contributed by atoms with Gasteiger partial charge in [0.2, 0.25) is 5.91 Å². The maximum atomic E-state index is 12.2. The Morgan fingerprint density at radius 1 is 0.724 bits per heavy atom. The second-order valence-electron chi connectivity index (χ2n) is 6.45. The summed E-state index contributed by atoms with van der Waals surface area (Å²) in [5, 5.41) is 5.91. The molecule has 5 heteroatoms. The lowest BCUT2D eigenvalue weighted by Crippen LogP contribution is -2.22. The fraction of sp³-hybridized carbons (Fsp3) is 0.0417. The molecule has 0 saturated heterocycles. The van der Waals surface area contributed by atoms with Crippen molar-refractivity contribution in [2.45, 2.75) is 0 Å². The molecule has 1 amide bonds. The summed E-state index contributed by atoms with van der Waals surface area (Å²) in [7, 11) is 0. The Labute approximate surface area is 169 Å². The van der Waals surface area contributed by atoms with Gasteiger partial charge in [-0.3, -0.25) is 9.78 Å². The number of amides is 1. The number of carbonyl (C=O) groups excluding carboxylic acids is 1. The molecule has 29 heavy (non-hydrogen) atoms. The lowest BCUT2D eigenvalue weighted by molar-refractivity contribution is -0.114. The van der Waals surface area contributed by atoms with Gasteiger partial charge in [0.15, 0.2) is 0 Å². The van der Waals surface area contributed by atoms with Crippen molar-refractivity contribution in [3.63, 3.8) is 0 Å². The van der Waals surface area contributed by atoms with Gasteiger partial charge < -0.3 is 10.6 Å². The average molecular weight is 380 g/mol. The van der Waals surface area contributed by atoms with Crippen molar-refractivity contribution in [3.8, 4) is 22.5 Å². The van der Waals surface area contributed by atoms with E-state index in [0.29, 0.717) is 5.82 Å². The molecule has 0 aliphatic rings. The van der Waals surface area contributed by atoms with Crippen molar-refractivity contribution in [2.75, 3.05) is 17.2 Å². The number of anilines is 2. The van der Waals surface area contributed by atoms with Crippen molar-refractivity contribution < 1.29 is 4.79 Å². The zero-order chi connectivity index (χ0) is 19.9. The van der Waals surface area contributed by atoms with Crippen LogP contribution in [0.5, 0.6) is 0 Å². The first-order chi connectivity index (χ1) is 14.3. The van der Waals surface area contributed by atoms with Gasteiger partial charge >= 0.3 is 0 Å². The lowest BCUT2D eigenvalue weighted by atomic mass is 10.0. The fourth-order valence-corrected chi connectivity index (χ4v) is 2.98. The number of nitrogens with one attached hydrogen (secondary N) is 2. The molecule has 4 aromatic rings. The van der Waals surface area contributed by atoms with Crippen molar-refractivity contribution in [3.05, 3.63) is 97.2 Å². The standard InChI is InChI=1S/C24H20N4O/c29-22(27-20-14-8-3-9-15-20)17-25-21-16-26-23(18-10-4-1-5-11-18)24(28-21)19-12-6-2-7-13-19/h1-16H,17H2,(H,25,28)(H,27,29). The molecule has 1 heterocycles. The molecular weight excluding hydrogens is 360 g/mol. The second kappa shape index (κ2) is 8.80. The molecule has 0 radical (unpaired) electrons.